The van der Waals surface area contributed by atoms with Gasteiger partial charge >= 0.3 is 5.97 Å². The predicted molar refractivity (Wildman–Crippen MR) is 88.3 cm³/mol. The number of carbonyl (C=O) groups is 2. The van der Waals surface area contributed by atoms with Gasteiger partial charge in [-0.1, -0.05) is 42.5 Å². The number of ketones is 1. The van der Waals surface area contributed by atoms with Gasteiger partial charge in [0.1, 0.15) is 11.5 Å². The Kier molecular flexibility index (Phi) is 3.09. The van der Waals surface area contributed by atoms with E-state index < -0.39 is 23.2 Å². The molecule has 5 heteroatoms. The highest BCUT2D eigenvalue weighted by molar-refractivity contribution is 6.19. The number of fused-ring (bicyclic) bond motifs is 3. The average molecular weight is 319 g/mol. The first-order chi connectivity index (χ1) is 11.6. The molecule has 1 atom stereocenters. The molecule has 24 heavy (non-hydrogen) atoms. The highest BCUT2D eigenvalue weighted by Gasteiger charge is 2.40. The second-order valence-corrected chi connectivity index (χ2v) is 5.71. The van der Waals surface area contributed by atoms with Gasteiger partial charge in [-0.05, 0) is 17.7 Å². The molecule has 0 bridgehead atoms. The van der Waals surface area contributed by atoms with Gasteiger partial charge in [-0.2, -0.15) is 0 Å². The third kappa shape index (κ3) is 1.91. The number of hydrogen-bond donors (Lipinski definition) is 0. The van der Waals surface area contributed by atoms with Gasteiger partial charge in [0.05, 0.1) is 5.52 Å². The number of esters is 1. The Labute approximate surface area is 137 Å². The summed E-state index contributed by atoms with van der Waals surface area (Å²) in [6.45, 7) is 0. The standard InChI is InChI=1S/C19H13NO4/c1-20-13-10-6-5-9-12(13)17-15(18(20)22)16(21)14(19(23)24-17)11-7-3-2-4-8-11/h2-10,14H,1H3. The van der Waals surface area contributed by atoms with E-state index >= 15 is 0 Å². The van der Waals surface area contributed by atoms with Gasteiger partial charge in [0.2, 0.25) is 0 Å². The summed E-state index contributed by atoms with van der Waals surface area (Å²) in [4.78, 5) is 38.1. The topological polar surface area (TPSA) is 65.4 Å². The van der Waals surface area contributed by atoms with Crippen molar-refractivity contribution in [1.29, 1.82) is 0 Å². The maximum absolute atomic E-state index is 12.9. The predicted octanol–water partition coefficient (Wildman–Crippen LogP) is 2.42. The summed E-state index contributed by atoms with van der Waals surface area (Å²) in [5.74, 6) is -2.21. The molecule has 0 aliphatic carbocycles. The van der Waals surface area contributed by atoms with E-state index in [2.05, 4.69) is 0 Å². The number of pyridine rings is 1. The summed E-state index contributed by atoms with van der Waals surface area (Å²) in [5, 5.41) is 0.572. The Morgan fingerprint density at radius 2 is 1.58 bits per heavy atom. The number of aromatic nitrogens is 1. The SMILES string of the molecule is Cn1c(=O)c2c(c3ccccc31)OC(=O)C(c1ccccc1)C2=O. The normalized spacial score (nSPS) is 16.8. The first-order valence-corrected chi connectivity index (χ1v) is 7.52. The molecule has 0 spiro atoms. The van der Waals surface area contributed by atoms with Crippen LogP contribution in [0.3, 0.4) is 0 Å². The molecule has 1 unspecified atom stereocenters. The van der Waals surface area contributed by atoms with Crippen LogP contribution in [0.2, 0.25) is 0 Å². The summed E-state index contributed by atoms with van der Waals surface area (Å²) >= 11 is 0. The second kappa shape index (κ2) is 5.16. The Balaban J connectivity index is 2.02. The lowest BCUT2D eigenvalue weighted by Gasteiger charge is -2.24. The number of ether oxygens (including phenoxy) is 1. The number of benzene rings is 2. The summed E-state index contributed by atoms with van der Waals surface area (Å²) in [6, 6.07) is 15.7. The summed E-state index contributed by atoms with van der Waals surface area (Å²) in [6.07, 6.45) is 0. The summed E-state index contributed by atoms with van der Waals surface area (Å²) in [5.41, 5.74) is 0.611. The summed E-state index contributed by atoms with van der Waals surface area (Å²) < 4.78 is 6.86. The van der Waals surface area contributed by atoms with E-state index in [1.54, 1.807) is 61.6 Å². The van der Waals surface area contributed by atoms with Crippen LogP contribution in [0.4, 0.5) is 0 Å². The number of nitrogens with zero attached hydrogens (tertiary/aromatic N) is 1. The third-order valence-electron chi connectivity index (χ3n) is 4.34. The van der Waals surface area contributed by atoms with Crippen LogP contribution in [-0.4, -0.2) is 16.3 Å². The Morgan fingerprint density at radius 1 is 0.917 bits per heavy atom. The minimum absolute atomic E-state index is 0.0651. The molecule has 118 valence electrons. The van der Waals surface area contributed by atoms with Gasteiger partial charge in [-0.15, -0.1) is 0 Å². The van der Waals surface area contributed by atoms with Crippen molar-refractivity contribution in [1.82, 2.24) is 4.57 Å². The highest BCUT2D eigenvalue weighted by Crippen LogP contribution is 2.36. The van der Waals surface area contributed by atoms with Crippen molar-refractivity contribution in [3.63, 3.8) is 0 Å². The average Bonchev–Trinajstić information content (AvgIpc) is 2.60. The lowest BCUT2D eigenvalue weighted by Crippen LogP contribution is -2.38. The zero-order valence-corrected chi connectivity index (χ0v) is 12.9. The van der Waals surface area contributed by atoms with E-state index in [1.165, 1.54) is 4.57 Å². The molecular weight excluding hydrogens is 306 g/mol. The van der Waals surface area contributed by atoms with Crippen molar-refractivity contribution in [2.24, 2.45) is 7.05 Å². The molecule has 0 saturated carbocycles. The number of aryl methyl sites for hydroxylation is 1. The van der Waals surface area contributed by atoms with E-state index in [-0.39, 0.29) is 11.3 Å². The first kappa shape index (κ1) is 14.4. The lowest BCUT2D eigenvalue weighted by molar-refractivity contribution is -0.135. The lowest BCUT2D eigenvalue weighted by atomic mass is 9.88. The molecular formula is C19H13NO4. The monoisotopic (exact) mass is 319 g/mol. The van der Waals surface area contributed by atoms with Crippen LogP contribution in [0.5, 0.6) is 5.75 Å². The molecule has 0 amide bonds. The Morgan fingerprint density at radius 3 is 2.33 bits per heavy atom. The molecule has 0 N–H and O–H groups in total. The van der Waals surface area contributed by atoms with E-state index in [0.717, 1.165) is 0 Å². The molecule has 3 aromatic rings. The molecule has 4 rings (SSSR count). The van der Waals surface area contributed by atoms with Crippen LogP contribution >= 0.6 is 0 Å². The van der Waals surface area contributed by atoms with Gasteiger partial charge in [0, 0.05) is 12.4 Å². The zero-order chi connectivity index (χ0) is 16.8. The van der Waals surface area contributed by atoms with Crippen molar-refractivity contribution < 1.29 is 14.3 Å². The van der Waals surface area contributed by atoms with Crippen LogP contribution < -0.4 is 10.3 Å². The molecule has 1 aliphatic rings. The van der Waals surface area contributed by atoms with Crippen molar-refractivity contribution in [3.8, 4) is 5.75 Å². The second-order valence-electron chi connectivity index (χ2n) is 5.71. The van der Waals surface area contributed by atoms with E-state index in [1.807, 2.05) is 0 Å². The molecule has 1 aliphatic heterocycles. The van der Waals surface area contributed by atoms with Gasteiger partial charge in [0.15, 0.2) is 11.5 Å². The van der Waals surface area contributed by atoms with Crippen LogP contribution in [0.15, 0.2) is 59.4 Å². The number of hydrogen-bond acceptors (Lipinski definition) is 4. The first-order valence-electron chi connectivity index (χ1n) is 7.52. The molecule has 5 nitrogen and oxygen atoms in total. The molecule has 2 heterocycles. The quantitative estimate of drug-likeness (QED) is 0.510. The largest absolute Gasteiger partial charge is 0.424 e. The fourth-order valence-electron chi connectivity index (χ4n) is 3.13. The minimum Gasteiger partial charge on any atom is -0.424 e. The van der Waals surface area contributed by atoms with E-state index in [9.17, 15) is 14.4 Å². The van der Waals surface area contributed by atoms with Gasteiger partial charge < -0.3 is 9.30 Å². The van der Waals surface area contributed by atoms with Crippen molar-refractivity contribution in [2.45, 2.75) is 5.92 Å². The number of rotatable bonds is 1. The Hall–Kier alpha value is -3.21. The molecule has 0 fully saturated rings. The molecule has 0 saturated heterocycles. The maximum Gasteiger partial charge on any atom is 0.326 e. The third-order valence-corrected chi connectivity index (χ3v) is 4.34. The smallest absolute Gasteiger partial charge is 0.326 e. The van der Waals surface area contributed by atoms with Crippen molar-refractivity contribution in [2.75, 3.05) is 0 Å². The fourth-order valence-corrected chi connectivity index (χ4v) is 3.13. The van der Waals surface area contributed by atoms with Crippen LogP contribution in [-0.2, 0) is 11.8 Å². The molecule has 2 aromatic carbocycles. The van der Waals surface area contributed by atoms with E-state index in [4.69, 9.17) is 4.74 Å². The highest BCUT2D eigenvalue weighted by atomic mass is 16.5. The molecule has 0 radical (unpaired) electrons. The van der Waals surface area contributed by atoms with Crippen molar-refractivity contribution >= 4 is 22.7 Å². The van der Waals surface area contributed by atoms with Gasteiger partial charge in [-0.25, -0.2) is 0 Å². The minimum atomic E-state index is -1.10. The van der Waals surface area contributed by atoms with Gasteiger partial charge in [0.25, 0.3) is 5.56 Å². The fraction of sp³-hybridized carbons (Fsp3) is 0.105. The number of Topliss-reactive ketones (excluding diaryl/α,β-unsaturated/α-hetero) is 1. The molecule has 1 aromatic heterocycles. The zero-order valence-electron chi connectivity index (χ0n) is 12.9. The number of carbonyl (C=O) groups excluding carboxylic acids is 2. The van der Waals surface area contributed by atoms with E-state index in [0.29, 0.717) is 16.5 Å². The number of para-hydroxylation sites is 1. The maximum atomic E-state index is 12.9. The van der Waals surface area contributed by atoms with Crippen LogP contribution in [0.25, 0.3) is 10.9 Å². The van der Waals surface area contributed by atoms with Crippen LogP contribution in [0.1, 0.15) is 21.8 Å². The van der Waals surface area contributed by atoms with Crippen LogP contribution in [0, 0.1) is 0 Å². The Bertz CT molecular complexity index is 1050. The van der Waals surface area contributed by atoms with Gasteiger partial charge in [-0.3, -0.25) is 14.4 Å². The summed E-state index contributed by atoms with van der Waals surface area (Å²) in [7, 11) is 1.60. The van der Waals surface area contributed by atoms with Crippen molar-refractivity contribution in [3.05, 3.63) is 76.1 Å².